The lowest BCUT2D eigenvalue weighted by Crippen LogP contribution is -2.20. The van der Waals surface area contributed by atoms with Crippen LogP contribution in [0.4, 0.5) is 18.9 Å². The molecular weight excluding hydrogens is 351 g/mol. The van der Waals surface area contributed by atoms with E-state index in [9.17, 15) is 18.0 Å². The predicted octanol–water partition coefficient (Wildman–Crippen LogP) is 2.70. The zero-order valence-corrected chi connectivity index (χ0v) is 13.1. The fraction of sp³-hybridized carbons (Fsp3) is 0.125. The van der Waals surface area contributed by atoms with Gasteiger partial charge in [0.2, 0.25) is 0 Å². The molecule has 0 aliphatic rings. The third-order valence-electron chi connectivity index (χ3n) is 3.32. The molecule has 7 nitrogen and oxygen atoms in total. The molecule has 2 aromatic carbocycles. The molecule has 1 N–H and O–H groups in total. The van der Waals surface area contributed by atoms with Gasteiger partial charge in [-0.3, -0.25) is 4.79 Å². The number of nitrogens with zero attached hydrogens (tertiary/aromatic N) is 4. The predicted molar refractivity (Wildman–Crippen MR) is 84.7 cm³/mol. The van der Waals surface area contributed by atoms with Crippen molar-refractivity contribution in [2.24, 2.45) is 0 Å². The van der Waals surface area contributed by atoms with E-state index in [1.807, 2.05) is 0 Å². The maximum absolute atomic E-state index is 12.5. The largest absolute Gasteiger partial charge is 0.484 e. The first kappa shape index (κ1) is 17.4. The van der Waals surface area contributed by atoms with Gasteiger partial charge < -0.3 is 10.1 Å². The Kier molecular flexibility index (Phi) is 4.83. The van der Waals surface area contributed by atoms with Crippen LogP contribution in [-0.4, -0.2) is 32.7 Å². The van der Waals surface area contributed by atoms with Gasteiger partial charge in [-0.25, -0.2) is 4.68 Å². The monoisotopic (exact) mass is 363 g/mol. The summed E-state index contributed by atoms with van der Waals surface area (Å²) in [6.07, 6.45) is -2.98. The molecule has 0 bridgehead atoms. The highest BCUT2D eigenvalue weighted by Gasteiger charge is 2.29. The number of rotatable bonds is 5. The quantitative estimate of drug-likeness (QED) is 0.754. The van der Waals surface area contributed by atoms with E-state index >= 15 is 0 Å². The van der Waals surface area contributed by atoms with Crippen molar-refractivity contribution >= 4 is 11.6 Å². The second kappa shape index (κ2) is 7.21. The van der Waals surface area contributed by atoms with Crippen LogP contribution < -0.4 is 10.1 Å². The number of hydrogen-bond acceptors (Lipinski definition) is 5. The minimum Gasteiger partial charge on any atom is -0.484 e. The molecule has 0 saturated carbocycles. The lowest BCUT2D eigenvalue weighted by molar-refractivity contribution is -0.137. The molecule has 0 radical (unpaired) electrons. The number of tetrazole rings is 1. The number of alkyl halides is 3. The Morgan fingerprint density at radius 1 is 1.08 bits per heavy atom. The molecule has 0 fully saturated rings. The van der Waals surface area contributed by atoms with Gasteiger partial charge in [-0.05, 0) is 59.0 Å². The van der Waals surface area contributed by atoms with Crippen LogP contribution in [0.15, 0.2) is 54.9 Å². The van der Waals surface area contributed by atoms with Crippen molar-refractivity contribution in [1.82, 2.24) is 20.2 Å². The highest BCUT2D eigenvalue weighted by Crippen LogP contribution is 2.29. The summed E-state index contributed by atoms with van der Waals surface area (Å²) in [6.45, 7) is -0.286. The van der Waals surface area contributed by atoms with E-state index in [-0.39, 0.29) is 12.3 Å². The Bertz CT molecular complexity index is 862. The summed E-state index contributed by atoms with van der Waals surface area (Å²) in [6, 6.07) is 10.9. The molecule has 10 heteroatoms. The molecule has 1 amide bonds. The number of benzene rings is 2. The van der Waals surface area contributed by atoms with Gasteiger partial charge in [0.15, 0.2) is 6.61 Å². The number of anilines is 1. The lowest BCUT2D eigenvalue weighted by Gasteiger charge is -2.10. The van der Waals surface area contributed by atoms with E-state index in [0.717, 1.165) is 17.8 Å². The average Bonchev–Trinajstić information content (AvgIpc) is 3.15. The van der Waals surface area contributed by atoms with Gasteiger partial charge in [-0.2, -0.15) is 13.2 Å². The van der Waals surface area contributed by atoms with Gasteiger partial charge in [-0.1, -0.05) is 0 Å². The van der Waals surface area contributed by atoms with E-state index in [1.54, 1.807) is 24.3 Å². The standard InChI is InChI=1S/C16H12F3N5O2/c17-16(18,19)11-1-3-12(4-2-11)21-15(25)9-26-14-7-5-13(6-8-14)24-10-20-22-23-24/h1-8,10H,9H2,(H,21,25). The summed E-state index contributed by atoms with van der Waals surface area (Å²) in [5, 5.41) is 13.3. The molecule has 0 atom stereocenters. The fourth-order valence-corrected chi connectivity index (χ4v) is 2.06. The number of ether oxygens (including phenoxy) is 1. The van der Waals surface area contributed by atoms with Crippen LogP contribution in [0.1, 0.15) is 5.56 Å². The Morgan fingerprint density at radius 3 is 2.35 bits per heavy atom. The minimum absolute atomic E-state index is 0.251. The van der Waals surface area contributed by atoms with Crippen LogP contribution in [0, 0.1) is 0 Å². The van der Waals surface area contributed by atoms with Crippen LogP contribution in [-0.2, 0) is 11.0 Å². The van der Waals surface area contributed by atoms with Crippen LogP contribution >= 0.6 is 0 Å². The molecule has 0 aliphatic carbocycles. The maximum atomic E-state index is 12.5. The summed E-state index contributed by atoms with van der Waals surface area (Å²) < 4.78 is 44.3. The van der Waals surface area contributed by atoms with E-state index in [2.05, 4.69) is 20.8 Å². The third-order valence-corrected chi connectivity index (χ3v) is 3.32. The summed E-state index contributed by atoms with van der Waals surface area (Å²) in [5.41, 5.74) is 0.187. The average molecular weight is 363 g/mol. The zero-order chi connectivity index (χ0) is 18.6. The summed E-state index contributed by atoms with van der Waals surface area (Å²) >= 11 is 0. The van der Waals surface area contributed by atoms with Crippen LogP contribution in [0.5, 0.6) is 5.75 Å². The Hall–Kier alpha value is -3.43. The number of aromatic nitrogens is 4. The number of nitrogens with one attached hydrogen (secondary N) is 1. The number of amides is 1. The molecule has 3 aromatic rings. The van der Waals surface area contributed by atoms with E-state index in [4.69, 9.17) is 4.74 Å². The molecule has 26 heavy (non-hydrogen) atoms. The third kappa shape index (κ3) is 4.35. The van der Waals surface area contributed by atoms with E-state index in [0.29, 0.717) is 5.75 Å². The Labute approximate surface area is 145 Å². The van der Waals surface area contributed by atoms with Crippen molar-refractivity contribution < 1.29 is 22.7 Å². The van der Waals surface area contributed by atoms with E-state index in [1.165, 1.54) is 23.1 Å². The van der Waals surface area contributed by atoms with Crippen LogP contribution in [0.3, 0.4) is 0 Å². The molecule has 0 saturated heterocycles. The topological polar surface area (TPSA) is 81.9 Å². The first-order chi connectivity index (χ1) is 12.4. The highest BCUT2D eigenvalue weighted by molar-refractivity contribution is 5.91. The second-order valence-electron chi connectivity index (χ2n) is 5.16. The molecule has 134 valence electrons. The summed E-state index contributed by atoms with van der Waals surface area (Å²) in [5.74, 6) is -0.0429. The van der Waals surface area contributed by atoms with Crippen molar-refractivity contribution in [3.05, 3.63) is 60.4 Å². The van der Waals surface area contributed by atoms with Crippen molar-refractivity contribution in [1.29, 1.82) is 0 Å². The molecule has 0 aliphatic heterocycles. The molecular formula is C16H12F3N5O2. The van der Waals surface area contributed by atoms with Crippen molar-refractivity contribution in [2.75, 3.05) is 11.9 Å². The van der Waals surface area contributed by atoms with E-state index < -0.39 is 17.6 Å². The number of carbonyl (C=O) groups is 1. The van der Waals surface area contributed by atoms with Gasteiger partial charge in [0.1, 0.15) is 12.1 Å². The first-order valence-electron chi connectivity index (χ1n) is 7.35. The van der Waals surface area contributed by atoms with Gasteiger partial charge in [0.25, 0.3) is 5.91 Å². The van der Waals surface area contributed by atoms with Crippen molar-refractivity contribution in [3.8, 4) is 11.4 Å². The molecule has 1 heterocycles. The van der Waals surface area contributed by atoms with Crippen LogP contribution in [0.2, 0.25) is 0 Å². The van der Waals surface area contributed by atoms with Gasteiger partial charge in [0, 0.05) is 5.69 Å². The number of carbonyl (C=O) groups excluding carboxylic acids is 1. The van der Waals surface area contributed by atoms with Crippen LogP contribution in [0.25, 0.3) is 5.69 Å². The number of hydrogen-bond donors (Lipinski definition) is 1. The van der Waals surface area contributed by atoms with Gasteiger partial charge in [-0.15, -0.1) is 5.10 Å². The lowest BCUT2D eigenvalue weighted by atomic mass is 10.2. The molecule has 3 rings (SSSR count). The first-order valence-corrected chi connectivity index (χ1v) is 7.35. The van der Waals surface area contributed by atoms with Gasteiger partial charge >= 0.3 is 6.18 Å². The maximum Gasteiger partial charge on any atom is 0.416 e. The molecule has 0 unspecified atom stereocenters. The molecule has 1 aromatic heterocycles. The van der Waals surface area contributed by atoms with Crippen molar-refractivity contribution in [2.45, 2.75) is 6.18 Å². The summed E-state index contributed by atoms with van der Waals surface area (Å²) in [7, 11) is 0. The van der Waals surface area contributed by atoms with Crippen molar-refractivity contribution in [3.63, 3.8) is 0 Å². The fourth-order valence-electron chi connectivity index (χ4n) is 2.06. The Balaban J connectivity index is 1.52. The smallest absolute Gasteiger partial charge is 0.416 e. The normalized spacial score (nSPS) is 11.2. The molecule has 0 spiro atoms. The summed E-state index contributed by atoms with van der Waals surface area (Å²) in [4.78, 5) is 11.8. The highest BCUT2D eigenvalue weighted by atomic mass is 19.4. The number of halogens is 3. The SMILES string of the molecule is O=C(COc1ccc(-n2cnnn2)cc1)Nc1ccc(C(F)(F)F)cc1. The Morgan fingerprint density at radius 2 is 1.77 bits per heavy atom. The van der Waals surface area contributed by atoms with Gasteiger partial charge in [0.05, 0.1) is 11.3 Å². The second-order valence-corrected chi connectivity index (χ2v) is 5.16. The zero-order valence-electron chi connectivity index (χ0n) is 13.1. The minimum atomic E-state index is -4.42.